The Hall–Kier alpha value is -4.90. The van der Waals surface area contributed by atoms with E-state index >= 15 is 0 Å². The Morgan fingerprint density at radius 2 is 1.45 bits per heavy atom. The predicted octanol–water partition coefficient (Wildman–Crippen LogP) is 8.70. The zero-order chi connectivity index (χ0) is 38.6. The quantitative estimate of drug-likeness (QED) is 0.0427. The van der Waals surface area contributed by atoms with E-state index in [2.05, 4.69) is 97.0 Å². The zero-order valence-electron chi connectivity index (χ0n) is 31.8. The first kappa shape index (κ1) is 39.8. The number of hydrogen-bond acceptors (Lipinski definition) is 7. The molecule has 9 nitrogen and oxygen atoms in total. The molecule has 5 aromatic carbocycles. The highest BCUT2D eigenvalue weighted by atomic mass is 16.7. The molecule has 0 spiro atoms. The Morgan fingerprint density at radius 1 is 0.782 bits per heavy atom. The Labute approximate surface area is 324 Å². The van der Waals surface area contributed by atoms with Crippen molar-refractivity contribution >= 4 is 22.6 Å². The number of aliphatic hydroxyl groups is 1. The Morgan fingerprint density at radius 3 is 2.18 bits per heavy atom. The summed E-state index contributed by atoms with van der Waals surface area (Å²) >= 11 is 0. The second-order valence-corrected chi connectivity index (χ2v) is 14.6. The number of fused-ring (bicyclic) bond motifs is 1. The fraction of sp³-hybridized carbons (Fsp3) is 0.348. The standard InChI is InChI=1S/C46H53N3O6/c1-32(38-26-21-34-11-7-8-12-39(34)27-38)49(2)30-41-28-43(36-19-17-33(31-50)18-20-36)55-46(54-41)37-24-22-35(23-25-37)42-14-10-9-13-40(42)29-47-44(51)15-5-3-4-6-16-45(52)48-53/h7-14,17-27,32,41,43,46,50,53H,3-6,15-16,28-31H2,1-2H3,(H,47,51)(H,48,52)/t32-,41+,43-,46-/m1/s1. The van der Waals surface area contributed by atoms with Gasteiger partial charge in [-0.05, 0) is 77.0 Å². The molecule has 1 saturated heterocycles. The third kappa shape index (κ3) is 10.9. The molecule has 5 aromatic rings. The van der Waals surface area contributed by atoms with Crippen LogP contribution in [0.2, 0.25) is 0 Å². The van der Waals surface area contributed by atoms with Crippen LogP contribution in [-0.4, -0.2) is 46.7 Å². The van der Waals surface area contributed by atoms with Crippen LogP contribution in [0.3, 0.4) is 0 Å². The molecule has 2 amide bonds. The summed E-state index contributed by atoms with van der Waals surface area (Å²) in [6, 6.07) is 39.7. The van der Waals surface area contributed by atoms with Gasteiger partial charge in [-0.3, -0.25) is 19.7 Å². The molecule has 0 aromatic heterocycles. The van der Waals surface area contributed by atoms with Gasteiger partial charge < -0.3 is 19.9 Å². The minimum absolute atomic E-state index is 0.00254. The van der Waals surface area contributed by atoms with Crippen molar-refractivity contribution in [3.05, 3.63) is 143 Å². The number of hydrogen-bond donors (Lipinski definition) is 4. The lowest BCUT2D eigenvalue weighted by Crippen LogP contribution is -2.38. The van der Waals surface area contributed by atoms with Crippen LogP contribution in [0.1, 0.15) is 98.1 Å². The van der Waals surface area contributed by atoms with Gasteiger partial charge in [0.05, 0.1) is 18.8 Å². The number of rotatable bonds is 17. The van der Waals surface area contributed by atoms with Crippen LogP contribution in [0.15, 0.2) is 115 Å². The van der Waals surface area contributed by atoms with Gasteiger partial charge in [-0.25, -0.2) is 5.48 Å². The number of nitrogens with one attached hydrogen (secondary N) is 2. The highest BCUT2D eigenvalue weighted by molar-refractivity contribution is 5.83. The molecule has 4 N–H and O–H groups in total. The van der Waals surface area contributed by atoms with Crippen LogP contribution in [0, 0.1) is 0 Å². The van der Waals surface area contributed by atoms with Crippen molar-refractivity contribution in [2.75, 3.05) is 13.6 Å². The van der Waals surface area contributed by atoms with Crippen molar-refractivity contribution in [1.82, 2.24) is 15.7 Å². The molecule has 1 aliphatic rings. The van der Waals surface area contributed by atoms with E-state index in [1.54, 1.807) is 5.48 Å². The molecule has 0 unspecified atom stereocenters. The number of amides is 2. The maximum atomic E-state index is 12.6. The first-order chi connectivity index (χ1) is 26.8. The summed E-state index contributed by atoms with van der Waals surface area (Å²) in [6.07, 6.45) is 3.68. The number of likely N-dealkylation sites (N-methyl/N-ethyl adjacent to an activating group) is 1. The summed E-state index contributed by atoms with van der Waals surface area (Å²) in [6.45, 7) is 3.38. The second kappa shape index (κ2) is 19.6. The van der Waals surface area contributed by atoms with Crippen molar-refractivity contribution in [2.45, 2.75) is 89.6 Å². The van der Waals surface area contributed by atoms with E-state index in [0.29, 0.717) is 25.8 Å². The number of nitrogens with zero attached hydrogens (tertiary/aromatic N) is 1. The summed E-state index contributed by atoms with van der Waals surface area (Å²) in [5, 5.41) is 23.8. The van der Waals surface area contributed by atoms with Crippen LogP contribution in [0.25, 0.3) is 21.9 Å². The van der Waals surface area contributed by atoms with Crippen LogP contribution >= 0.6 is 0 Å². The minimum Gasteiger partial charge on any atom is -0.392 e. The monoisotopic (exact) mass is 743 g/mol. The lowest BCUT2D eigenvalue weighted by atomic mass is 9.97. The molecule has 0 radical (unpaired) electrons. The average Bonchev–Trinajstić information content (AvgIpc) is 3.23. The Bertz CT molecular complexity index is 2000. The summed E-state index contributed by atoms with van der Waals surface area (Å²) in [5.41, 5.74) is 8.86. The van der Waals surface area contributed by atoms with Gasteiger partial charge in [-0.1, -0.05) is 122 Å². The molecule has 9 heteroatoms. The third-order valence-corrected chi connectivity index (χ3v) is 10.7. The molecule has 1 heterocycles. The third-order valence-electron chi connectivity index (χ3n) is 10.7. The number of ether oxygens (including phenoxy) is 2. The Kier molecular flexibility index (Phi) is 14.2. The van der Waals surface area contributed by atoms with Gasteiger partial charge in [0, 0.05) is 44.0 Å². The van der Waals surface area contributed by atoms with Gasteiger partial charge in [0.15, 0.2) is 6.29 Å². The number of carbonyl (C=O) groups excluding carboxylic acids is 2. The van der Waals surface area contributed by atoms with E-state index in [1.165, 1.54) is 16.3 Å². The van der Waals surface area contributed by atoms with Crippen molar-refractivity contribution in [3.63, 3.8) is 0 Å². The molecule has 288 valence electrons. The van der Waals surface area contributed by atoms with Crippen molar-refractivity contribution in [2.24, 2.45) is 0 Å². The van der Waals surface area contributed by atoms with E-state index < -0.39 is 6.29 Å². The summed E-state index contributed by atoms with van der Waals surface area (Å²) in [7, 11) is 2.15. The normalized spacial score (nSPS) is 17.6. The molecule has 55 heavy (non-hydrogen) atoms. The molecule has 4 atom stereocenters. The van der Waals surface area contributed by atoms with Crippen molar-refractivity contribution in [1.29, 1.82) is 0 Å². The average molecular weight is 744 g/mol. The molecule has 1 aliphatic heterocycles. The van der Waals surface area contributed by atoms with E-state index in [1.807, 2.05) is 42.5 Å². The van der Waals surface area contributed by atoms with Gasteiger partial charge in [0.25, 0.3) is 0 Å². The first-order valence-corrected chi connectivity index (χ1v) is 19.4. The number of aliphatic hydroxyl groups excluding tert-OH is 1. The van der Waals surface area contributed by atoms with Gasteiger partial charge in [-0.15, -0.1) is 0 Å². The number of hydroxylamine groups is 1. The highest BCUT2D eigenvalue weighted by Crippen LogP contribution is 2.39. The predicted molar refractivity (Wildman–Crippen MR) is 215 cm³/mol. The summed E-state index contributed by atoms with van der Waals surface area (Å²) in [4.78, 5) is 26.1. The maximum absolute atomic E-state index is 12.6. The molecule has 6 rings (SSSR count). The number of unbranched alkanes of at least 4 members (excludes halogenated alkanes) is 3. The van der Waals surface area contributed by atoms with Gasteiger partial charge in [-0.2, -0.15) is 0 Å². The topological polar surface area (TPSA) is 120 Å². The van der Waals surface area contributed by atoms with Crippen LogP contribution < -0.4 is 10.8 Å². The van der Waals surface area contributed by atoms with E-state index in [-0.39, 0.29) is 43.1 Å². The van der Waals surface area contributed by atoms with E-state index in [4.69, 9.17) is 14.7 Å². The van der Waals surface area contributed by atoms with Crippen LogP contribution in [0.5, 0.6) is 0 Å². The van der Waals surface area contributed by atoms with Gasteiger partial charge in [0.1, 0.15) is 0 Å². The molecule has 1 fully saturated rings. The fourth-order valence-corrected chi connectivity index (χ4v) is 7.27. The molecule has 0 bridgehead atoms. The van der Waals surface area contributed by atoms with Crippen LogP contribution in [-0.2, 0) is 32.2 Å². The van der Waals surface area contributed by atoms with E-state index in [9.17, 15) is 14.7 Å². The zero-order valence-corrected chi connectivity index (χ0v) is 31.8. The lowest BCUT2D eigenvalue weighted by molar-refractivity contribution is -0.253. The SMILES string of the molecule is C[C@H](c1ccc2ccccc2c1)N(C)C[C@@H]1C[C@H](c2ccc(CO)cc2)O[C@H](c2ccc(-c3ccccc3CNC(=O)CCCCCCC(=O)NO)cc2)O1. The highest BCUT2D eigenvalue weighted by Gasteiger charge is 2.33. The fourth-order valence-electron chi connectivity index (χ4n) is 7.27. The molecular formula is C46H53N3O6. The first-order valence-electron chi connectivity index (χ1n) is 19.4. The van der Waals surface area contributed by atoms with E-state index in [0.717, 1.165) is 59.2 Å². The van der Waals surface area contributed by atoms with Gasteiger partial charge >= 0.3 is 0 Å². The van der Waals surface area contributed by atoms with Gasteiger partial charge in [0.2, 0.25) is 11.8 Å². The number of carbonyl (C=O) groups is 2. The molecule has 0 aliphatic carbocycles. The van der Waals surface area contributed by atoms with Crippen molar-refractivity contribution in [3.8, 4) is 11.1 Å². The lowest BCUT2D eigenvalue weighted by Gasteiger charge is -2.39. The molecule has 0 saturated carbocycles. The molecular weight excluding hydrogens is 691 g/mol. The second-order valence-electron chi connectivity index (χ2n) is 14.6. The Balaban J connectivity index is 1.11. The summed E-state index contributed by atoms with van der Waals surface area (Å²) in [5.74, 6) is -0.384. The summed E-state index contributed by atoms with van der Waals surface area (Å²) < 4.78 is 13.4. The maximum Gasteiger partial charge on any atom is 0.243 e. The smallest absolute Gasteiger partial charge is 0.243 e. The number of benzene rings is 5. The largest absolute Gasteiger partial charge is 0.392 e. The van der Waals surface area contributed by atoms with Crippen LogP contribution in [0.4, 0.5) is 0 Å². The minimum atomic E-state index is -0.568. The van der Waals surface area contributed by atoms with Crippen molar-refractivity contribution < 1.29 is 29.4 Å².